The van der Waals surface area contributed by atoms with Crippen LogP contribution in [0.3, 0.4) is 0 Å². The molecule has 1 aliphatic rings. The fourth-order valence-electron chi connectivity index (χ4n) is 3.45. The molecule has 0 atom stereocenters. The molecule has 0 spiro atoms. The molecular weight excluding hydrogens is 423 g/mol. The van der Waals surface area contributed by atoms with Crippen LogP contribution < -0.4 is 11.1 Å². The zero-order chi connectivity index (χ0) is 23.5. The van der Waals surface area contributed by atoms with E-state index < -0.39 is 29.5 Å². The van der Waals surface area contributed by atoms with Gasteiger partial charge in [-0.15, -0.1) is 0 Å². The van der Waals surface area contributed by atoms with Crippen LogP contribution in [0.2, 0.25) is 0 Å². The van der Waals surface area contributed by atoms with Crippen molar-refractivity contribution < 1.29 is 27.5 Å². The Bertz CT molecular complexity index is 949. The van der Waals surface area contributed by atoms with E-state index in [0.29, 0.717) is 11.6 Å². The van der Waals surface area contributed by atoms with Gasteiger partial charge in [0.05, 0.1) is 5.56 Å². The topological polar surface area (TPSA) is 84.7 Å². The fraction of sp³-hybridized carbons (Fsp3) is 0.391. The molecular formula is C23H26F3N3O3. The zero-order valence-electron chi connectivity index (χ0n) is 17.9. The lowest BCUT2D eigenvalue weighted by molar-refractivity contribution is -0.137. The molecule has 2 aromatic carbocycles. The van der Waals surface area contributed by atoms with Crippen LogP contribution in [-0.2, 0) is 10.9 Å². The van der Waals surface area contributed by atoms with Crippen molar-refractivity contribution in [2.24, 2.45) is 5.73 Å². The molecule has 0 aromatic heterocycles. The lowest BCUT2D eigenvalue weighted by Gasteiger charge is -2.38. The number of ether oxygens (including phenoxy) is 1. The number of amides is 2. The van der Waals surface area contributed by atoms with Crippen LogP contribution in [0, 0.1) is 0 Å². The number of carbonyl (C=O) groups excluding carboxylic acids is 2. The van der Waals surface area contributed by atoms with Crippen molar-refractivity contribution >= 4 is 17.7 Å². The number of alkyl halides is 3. The Hall–Kier alpha value is -3.07. The van der Waals surface area contributed by atoms with Gasteiger partial charge in [-0.3, -0.25) is 15.8 Å². The first-order valence-electron chi connectivity index (χ1n) is 10.3. The quantitative estimate of drug-likeness (QED) is 0.646. The molecule has 6 nitrogen and oxygen atoms in total. The Morgan fingerprint density at radius 3 is 2.09 bits per heavy atom. The van der Waals surface area contributed by atoms with Crippen molar-refractivity contribution in [1.29, 1.82) is 0 Å². The first-order valence-corrected chi connectivity index (χ1v) is 10.3. The molecule has 1 saturated heterocycles. The van der Waals surface area contributed by atoms with E-state index in [0.717, 1.165) is 29.8 Å². The van der Waals surface area contributed by atoms with E-state index in [4.69, 9.17) is 10.5 Å². The second-order valence-corrected chi connectivity index (χ2v) is 8.22. The number of rotatable bonds is 4. The molecule has 0 bridgehead atoms. The van der Waals surface area contributed by atoms with E-state index in [1.165, 1.54) is 4.90 Å². The molecule has 9 heteroatoms. The highest BCUT2D eigenvalue weighted by atomic mass is 19.4. The molecule has 1 aliphatic heterocycles. The van der Waals surface area contributed by atoms with E-state index in [-0.39, 0.29) is 31.5 Å². The number of hydrogen-bond donors (Lipinski definition) is 2. The lowest BCUT2D eigenvalue weighted by Crippen LogP contribution is -2.54. The first-order chi connectivity index (χ1) is 15.0. The predicted molar refractivity (Wildman–Crippen MR) is 114 cm³/mol. The summed E-state index contributed by atoms with van der Waals surface area (Å²) in [5.74, 6) is -0.0192. The Labute approximate surface area is 184 Å². The van der Waals surface area contributed by atoms with Crippen molar-refractivity contribution in [3.05, 3.63) is 65.2 Å². The van der Waals surface area contributed by atoms with Gasteiger partial charge in [-0.25, -0.2) is 4.79 Å². The number of hydrogen-bond acceptors (Lipinski definition) is 4. The summed E-state index contributed by atoms with van der Waals surface area (Å²) in [5.41, 5.74) is 6.03. The highest BCUT2D eigenvalue weighted by Gasteiger charge is 2.36. The summed E-state index contributed by atoms with van der Waals surface area (Å²) in [5, 5.41) is 2.64. The smallest absolute Gasteiger partial charge is 0.416 e. The van der Waals surface area contributed by atoms with E-state index in [1.807, 2.05) is 12.1 Å². The van der Waals surface area contributed by atoms with E-state index in [9.17, 15) is 22.8 Å². The standard InChI is InChI=1S/C23H26F3N3O3/c1-15(2)16-5-9-19(10-6-16)28-21(31)32-22(27)11-13-29(14-12-22)20(30)17-3-7-18(8-4-17)23(24,25)26/h3-10,15H,11-14,27H2,1-2H3,(H,28,31). The van der Waals surface area contributed by atoms with Crippen LogP contribution >= 0.6 is 0 Å². The number of nitrogens with one attached hydrogen (secondary N) is 1. The maximum absolute atomic E-state index is 12.7. The van der Waals surface area contributed by atoms with Gasteiger partial charge in [-0.1, -0.05) is 26.0 Å². The van der Waals surface area contributed by atoms with Gasteiger partial charge < -0.3 is 9.64 Å². The minimum Gasteiger partial charge on any atom is -0.428 e. The summed E-state index contributed by atoms with van der Waals surface area (Å²) in [6.45, 7) is 4.58. The first kappa shape index (κ1) is 23.6. The third-order valence-electron chi connectivity index (χ3n) is 5.48. The van der Waals surface area contributed by atoms with Gasteiger partial charge in [0.2, 0.25) is 0 Å². The highest BCUT2D eigenvalue weighted by Crippen LogP contribution is 2.30. The second-order valence-electron chi connectivity index (χ2n) is 8.22. The van der Waals surface area contributed by atoms with Crippen molar-refractivity contribution in [2.45, 2.75) is 44.5 Å². The largest absolute Gasteiger partial charge is 0.428 e. The van der Waals surface area contributed by atoms with Gasteiger partial charge in [0.15, 0.2) is 5.72 Å². The molecule has 1 heterocycles. The van der Waals surface area contributed by atoms with Gasteiger partial charge in [-0.05, 0) is 47.9 Å². The normalized spacial score (nSPS) is 16.0. The zero-order valence-corrected chi connectivity index (χ0v) is 17.9. The third kappa shape index (κ3) is 5.79. The highest BCUT2D eigenvalue weighted by molar-refractivity contribution is 5.94. The SMILES string of the molecule is CC(C)c1ccc(NC(=O)OC2(N)CCN(C(=O)c3ccc(C(F)(F)F)cc3)CC2)cc1. The average Bonchev–Trinajstić information content (AvgIpc) is 2.73. The molecule has 2 amide bonds. The number of nitrogens with two attached hydrogens (primary N) is 1. The molecule has 1 fully saturated rings. The Kier molecular flexibility index (Phi) is 6.78. The maximum Gasteiger partial charge on any atom is 0.416 e. The van der Waals surface area contributed by atoms with Gasteiger partial charge in [0.25, 0.3) is 5.91 Å². The molecule has 2 aromatic rings. The number of halogens is 3. The number of anilines is 1. The van der Waals surface area contributed by atoms with E-state index in [1.54, 1.807) is 12.1 Å². The maximum atomic E-state index is 12.7. The van der Waals surface area contributed by atoms with Crippen LogP contribution in [0.15, 0.2) is 48.5 Å². The molecule has 0 aliphatic carbocycles. The molecule has 32 heavy (non-hydrogen) atoms. The third-order valence-corrected chi connectivity index (χ3v) is 5.48. The van der Waals surface area contributed by atoms with Crippen molar-refractivity contribution in [2.75, 3.05) is 18.4 Å². The average molecular weight is 449 g/mol. The Morgan fingerprint density at radius 1 is 1.03 bits per heavy atom. The Balaban J connectivity index is 1.53. The van der Waals surface area contributed by atoms with Crippen LogP contribution in [0.4, 0.5) is 23.7 Å². The summed E-state index contributed by atoms with van der Waals surface area (Å²) < 4.78 is 43.5. The van der Waals surface area contributed by atoms with Crippen molar-refractivity contribution in [1.82, 2.24) is 4.90 Å². The van der Waals surface area contributed by atoms with Crippen LogP contribution in [0.5, 0.6) is 0 Å². The summed E-state index contributed by atoms with van der Waals surface area (Å²) in [6.07, 6.45) is -4.73. The van der Waals surface area contributed by atoms with Gasteiger partial charge in [0, 0.05) is 37.2 Å². The second kappa shape index (κ2) is 9.20. The van der Waals surface area contributed by atoms with Gasteiger partial charge >= 0.3 is 12.3 Å². The number of nitrogens with zero attached hydrogens (tertiary/aromatic N) is 1. The number of carbonyl (C=O) groups is 2. The Morgan fingerprint density at radius 2 is 1.59 bits per heavy atom. The van der Waals surface area contributed by atoms with Crippen molar-refractivity contribution in [3.63, 3.8) is 0 Å². The predicted octanol–water partition coefficient (Wildman–Crippen LogP) is 4.97. The molecule has 0 saturated carbocycles. The summed E-state index contributed by atoms with van der Waals surface area (Å²) in [7, 11) is 0. The van der Waals surface area contributed by atoms with E-state index in [2.05, 4.69) is 19.2 Å². The minimum atomic E-state index is -4.46. The molecule has 0 unspecified atom stereocenters. The van der Waals surface area contributed by atoms with E-state index >= 15 is 0 Å². The van der Waals surface area contributed by atoms with Gasteiger partial charge in [-0.2, -0.15) is 13.2 Å². The molecule has 3 N–H and O–H groups in total. The monoisotopic (exact) mass is 449 g/mol. The number of benzene rings is 2. The fourth-order valence-corrected chi connectivity index (χ4v) is 3.45. The molecule has 172 valence electrons. The molecule has 3 rings (SSSR count). The number of likely N-dealkylation sites (tertiary alicyclic amines) is 1. The number of piperidine rings is 1. The van der Waals surface area contributed by atoms with Crippen molar-refractivity contribution in [3.8, 4) is 0 Å². The van der Waals surface area contributed by atoms with Gasteiger partial charge in [0.1, 0.15) is 0 Å². The molecule has 0 radical (unpaired) electrons. The lowest BCUT2D eigenvalue weighted by atomic mass is 10.00. The summed E-state index contributed by atoms with van der Waals surface area (Å²) in [6, 6.07) is 11.5. The van der Waals surface area contributed by atoms with Crippen LogP contribution in [-0.4, -0.2) is 35.7 Å². The van der Waals surface area contributed by atoms with Crippen LogP contribution in [0.25, 0.3) is 0 Å². The summed E-state index contributed by atoms with van der Waals surface area (Å²) in [4.78, 5) is 26.3. The van der Waals surface area contributed by atoms with Crippen LogP contribution in [0.1, 0.15) is 54.1 Å². The minimum absolute atomic E-state index is 0.158. The summed E-state index contributed by atoms with van der Waals surface area (Å²) >= 11 is 0.